The molecule has 0 saturated carbocycles. The van der Waals surface area contributed by atoms with Crippen molar-refractivity contribution in [3.8, 4) is 0 Å². The van der Waals surface area contributed by atoms with Crippen molar-refractivity contribution in [3.63, 3.8) is 0 Å². The Labute approximate surface area is 155 Å². The van der Waals surface area contributed by atoms with E-state index < -0.39 is 0 Å². The summed E-state index contributed by atoms with van der Waals surface area (Å²) < 4.78 is 1.26. The number of hydrogen-bond donors (Lipinski definition) is 0. The first-order valence-electron chi connectivity index (χ1n) is 8.51. The van der Waals surface area contributed by atoms with Crippen LogP contribution in [-0.2, 0) is 17.9 Å². The number of nitrogens with zero attached hydrogens (tertiary/aromatic N) is 2. The van der Waals surface area contributed by atoms with E-state index in [1.807, 2.05) is 0 Å². The number of benzene rings is 2. The molecule has 2 aromatic rings. The van der Waals surface area contributed by atoms with Gasteiger partial charge in [-0.3, -0.25) is 0 Å². The second-order valence-electron chi connectivity index (χ2n) is 7.06. The topological polar surface area (TPSA) is 6.48 Å². The molecule has 0 radical (unpaired) electrons. The Bertz CT molecular complexity index is 709. The van der Waals surface area contributed by atoms with E-state index in [1.54, 1.807) is 0 Å². The molecular formula is C21H26N2Ru. The first kappa shape index (κ1) is 17.4. The van der Waals surface area contributed by atoms with Crippen LogP contribution in [0.4, 0.5) is 11.4 Å². The molecule has 0 amide bonds. The fourth-order valence-electron chi connectivity index (χ4n) is 4.12. The molecule has 1 heterocycles. The van der Waals surface area contributed by atoms with E-state index in [0.717, 1.165) is 13.1 Å². The van der Waals surface area contributed by atoms with Gasteiger partial charge in [0.05, 0.1) is 0 Å². The standard InChI is InChI=1S/C21H26N2.Ru/c1-14-9-16(3)20(17(4)10-14)22-7-8-23(13-22)21-18(5)11-15(2)12-19(21)6;/h9-12H,7-8H2,1-6H3;. The Balaban J connectivity index is 2.00. The number of aryl methyl sites for hydroxylation is 6. The van der Waals surface area contributed by atoms with Crippen LogP contribution in [0.1, 0.15) is 33.4 Å². The van der Waals surface area contributed by atoms with Crippen molar-refractivity contribution < 1.29 is 17.9 Å². The van der Waals surface area contributed by atoms with Gasteiger partial charge in [-0.05, 0) is 0 Å². The summed E-state index contributed by atoms with van der Waals surface area (Å²) in [4.78, 5) is 4.92. The van der Waals surface area contributed by atoms with Gasteiger partial charge in [0.1, 0.15) is 0 Å². The minimum atomic E-state index is 1.03. The molecule has 0 atom stereocenters. The average Bonchev–Trinajstić information content (AvgIpc) is 2.79. The monoisotopic (exact) mass is 408 g/mol. The molecule has 2 nitrogen and oxygen atoms in total. The van der Waals surface area contributed by atoms with Crippen LogP contribution < -0.4 is 9.80 Å². The minimum absolute atomic E-state index is 1.03. The third-order valence-electron chi connectivity index (χ3n) is 4.79. The fourth-order valence-corrected chi connectivity index (χ4v) is 4.90. The molecule has 3 heteroatoms. The second kappa shape index (κ2) is 6.44. The molecule has 0 aromatic heterocycles. The van der Waals surface area contributed by atoms with Crippen LogP contribution in [0.5, 0.6) is 0 Å². The zero-order chi connectivity index (χ0) is 17.6. The van der Waals surface area contributed by atoms with Crippen LogP contribution in [0, 0.1) is 41.5 Å². The van der Waals surface area contributed by atoms with Gasteiger partial charge < -0.3 is 0 Å². The summed E-state index contributed by atoms with van der Waals surface area (Å²) in [7, 11) is 0. The van der Waals surface area contributed by atoms with E-state index in [0.29, 0.717) is 0 Å². The zero-order valence-corrected chi connectivity index (χ0v) is 17.2. The van der Waals surface area contributed by atoms with Crippen LogP contribution in [0.15, 0.2) is 24.3 Å². The molecular weight excluding hydrogens is 381 g/mol. The Kier molecular flexibility index (Phi) is 4.66. The van der Waals surface area contributed by atoms with Gasteiger partial charge in [0.25, 0.3) is 0 Å². The summed E-state index contributed by atoms with van der Waals surface area (Å²) >= 11 is 2.86. The Morgan fingerprint density at radius 1 is 0.625 bits per heavy atom. The number of rotatable bonds is 2. The van der Waals surface area contributed by atoms with Gasteiger partial charge in [-0.15, -0.1) is 0 Å². The molecule has 0 aliphatic carbocycles. The van der Waals surface area contributed by atoms with Gasteiger partial charge in [0.15, 0.2) is 0 Å². The third kappa shape index (κ3) is 2.95. The van der Waals surface area contributed by atoms with Gasteiger partial charge in [-0.25, -0.2) is 0 Å². The number of hydrogen-bond acceptors (Lipinski definition) is 2. The van der Waals surface area contributed by atoms with Crippen LogP contribution in [0.25, 0.3) is 0 Å². The molecule has 1 aliphatic heterocycles. The van der Waals surface area contributed by atoms with Crippen LogP contribution in [0.2, 0.25) is 0 Å². The van der Waals surface area contributed by atoms with Gasteiger partial charge in [0, 0.05) is 0 Å². The predicted octanol–water partition coefficient (Wildman–Crippen LogP) is 4.50. The summed E-state index contributed by atoms with van der Waals surface area (Å²) in [6, 6.07) is 9.14. The molecule has 0 spiro atoms. The van der Waals surface area contributed by atoms with Crippen LogP contribution in [-0.4, -0.2) is 17.4 Å². The van der Waals surface area contributed by atoms with Gasteiger partial charge in [-0.1, -0.05) is 0 Å². The summed E-state index contributed by atoms with van der Waals surface area (Å²) in [5.74, 6) is 0. The fraction of sp³-hybridized carbons (Fsp3) is 0.381. The molecule has 0 bridgehead atoms. The summed E-state index contributed by atoms with van der Waals surface area (Å²) in [6.07, 6.45) is 0. The molecule has 24 heavy (non-hydrogen) atoms. The Morgan fingerprint density at radius 3 is 1.21 bits per heavy atom. The molecule has 2 aromatic carbocycles. The summed E-state index contributed by atoms with van der Waals surface area (Å²) in [5.41, 5.74) is 10.8. The SMILES string of the molecule is Cc1cc(C)c(N2CCN(c3c(C)cc(C)cc3C)[C]2=[Ru])c(C)c1. The van der Waals surface area contributed by atoms with E-state index in [9.17, 15) is 0 Å². The maximum atomic E-state index is 2.86. The summed E-state index contributed by atoms with van der Waals surface area (Å²) in [5, 5.41) is 0. The van der Waals surface area contributed by atoms with Crippen molar-refractivity contribution in [2.45, 2.75) is 41.5 Å². The normalized spacial score (nSPS) is 14.7. The molecule has 1 aliphatic rings. The van der Waals surface area contributed by atoms with E-state index >= 15 is 0 Å². The van der Waals surface area contributed by atoms with Crippen molar-refractivity contribution in [1.29, 1.82) is 0 Å². The van der Waals surface area contributed by atoms with Crippen molar-refractivity contribution in [2.24, 2.45) is 0 Å². The van der Waals surface area contributed by atoms with E-state index in [-0.39, 0.29) is 0 Å². The molecule has 1 fully saturated rings. The van der Waals surface area contributed by atoms with Crippen LogP contribution in [0.3, 0.4) is 0 Å². The zero-order valence-electron chi connectivity index (χ0n) is 15.5. The molecule has 128 valence electrons. The van der Waals surface area contributed by atoms with Crippen molar-refractivity contribution >= 4 is 15.7 Å². The maximum absolute atomic E-state index is 2.86. The van der Waals surface area contributed by atoms with E-state index in [1.165, 1.54) is 49.1 Å². The molecule has 0 unspecified atom stereocenters. The Morgan fingerprint density at radius 2 is 0.917 bits per heavy atom. The van der Waals surface area contributed by atoms with Gasteiger partial charge in [0.2, 0.25) is 0 Å². The molecule has 3 rings (SSSR count). The molecule has 1 saturated heterocycles. The Hall–Kier alpha value is -1.47. The third-order valence-corrected chi connectivity index (χ3v) is 5.73. The second-order valence-corrected chi connectivity index (χ2v) is 7.83. The van der Waals surface area contributed by atoms with E-state index in [4.69, 9.17) is 0 Å². The quantitative estimate of drug-likeness (QED) is 0.677. The van der Waals surface area contributed by atoms with Crippen molar-refractivity contribution in [1.82, 2.24) is 0 Å². The van der Waals surface area contributed by atoms with Gasteiger partial charge in [-0.2, -0.15) is 0 Å². The predicted molar refractivity (Wildman–Crippen MR) is 101 cm³/mol. The first-order chi connectivity index (χ1) is 11.3. The van der Waals surface area contributed by atoms with Gasteiger partial charge >= 0.3 is 156 Å². The summed E-state index contributed by atoms with van der Waals surface area (Å²) in [6.45, 7) is 15.3. The van der Waals surface area contributed by atoms with Crippen LogP contribution >= 0.6 is 0 Å². The average molecular weight is 408 g/mol. The van der Waals surface area contributed by atoms with Crippen molar-refractivity contribution in [3.05, 3.63) is 57.6 Å². The molecule has 0 N–H and O–H groups in total. The van der Waals surface area contributed by atoms with E-state index in [2.05, 4.69) is 93.5 Å². The van der Waals surface area contributed by atoms with Crippen molar-refractivity contribution in [2.75, 3.05) is 22.9 Å². The number of anilines is 2. The first-order valence-corrected chi connectivity index (χ1v) is 9.38.